The van der Waals surface area contributed by atoms with E-state index in [0.717, 1.165) is 22.9 Å². The van der Waals surface area contributed by atoms with E-state index in [4.69, 9.17) is 4.74 Å². The molecule has 0 spiro atoms. The molecule has 0 saturated heterocycles. The number of hydrogen-bond acceptors (Lipinski definition) is 6. The number of aryl methyl sites for hydroxylation is 2. The molecule has 2 aromatic rings. The van der Waals surface area contributed by atoms with Crippen LogP contribution in [0.4, 0.5) is 11.4 Å². The summed E-state index contributed by atoms with van der Waals surface area (Å²) in [6, 6.07) is 10.2. The first-order valence-corrected chi connectivity index (χ1v) is 12.3. The third-order valence-electron chi connectivity index (χ3n) is 5.39. The van der Waals surface area contributed by atoms with Crippen molar-refractivity contribution in [1.29, 1.82) is 0 Å². The third-order valence-corrected chi connectivity index (χ3v) is 6.57. The third kappa shape index (κ3) is 5.70. The Morgan fingerprint density at radius 2 is 1.79 bits per heavy atom. The van der Waals surface area contributed by atoms with Gasteiger partial charge in [0.25, 0.3) is 5.91 Å². The fourth-order valence-corrected chi connectivity index (χ4v) is 4.59. The van der Waals surface area contributed by atoms with Gasteiger partial charge < -0.3 is 15.4 Å². The molecule has 1 unspecified atom stereocenters. The first kappa shape index (κ1) is 24.2. The van der Waals surface area contributed by atoms with E-state index in [2.05, 4.69) is 10.6 Å². The van der Waals surface area contributed by atoms with Crippen molar-refractivity contribution in [1.82, 2.24) is 5.32 Å². The number of rotatable bonds is 7. The van der Waals surface area contributed by atoms with Gasteiger partial charge in [-0.05, 0) is 62.1 Å². The van der Waals surface area contributed by atoms with Crippen molar-refractivity contribution in [2.45, 2.75) is 33.3 Å². The fourth-order valence-electron chi connectivity index (χ4n) is 3.63. The van der Waals surface area contributed by atoms with Crippen LogP contribution in [0.25, 0.3) is 0 Å². The number of amides is 2. The highest BCUT2D eigenvalue weighted by atomic mass is 32.2. The van der Waals surface area contributed by atoms with Gasteiger partial charge in [0, 0.05) is 12.2 Å². The molecule has 1 atom stereocenters. The Bertz CT molecular complexity index is 1190. The molecule has 1 aliphatic heterocycles. The lowest BCUT2D eigenvalue weighted by Crippen LogP contribution is -2.40. The fraction of sp³-hybridized carbons (Fsp3) is 0.348. The van der Waals surface area contributed by atoms with E-state index < -0.39 is 33.9 Å². The second-order valence-corrected chi connectivity index (χ2v) is 9.92. The van der Waals surface area contributed by atoms with Crippen molar-refractivity contribution < 1.29 is 27.5 Å². The number of esters is 1. The van der Waals surface area contributed by atoms with Crippen LogP contribution in [0.3, 0.4) is 0 Å². The number of para-hydroxylation sites is 1. The SMILES string of the molecule is Cc1cccc(C)c1NC(=O)CNC(=O)C(C)OC(=O)c1ccc2c(c1)CCN2S(C)(=O)=O. The monoisotopic (exact) mass is 473 g/mol. The minimum atomic E-state index is -3.39. The lowest BCUT2D eigenvalue weighted by Gasteiger charge is -2.17. The smallest absolute Gasteiger partial charge is 0.338 e. The molecule has 1 heterocycles. The molecule has 0 saturated carbocycles. The van der Waals surface area contributed by atoms with Crippen LogP contribution in [-0.2, 0) is 30.8 Å². The van der Waals surface area contributed by atoms with E-state index in [0.29, 0.717) is 24.3 Å². The van der Waals surface area contributed by atoms with Gasteiger partial charge in [0.2, 0.25) is 15.9 Å². The highest BCUT2D eigenvalue weighted by molar-refractivity contribution is 7.92. The van der Waals surface area contributed by atoms with Gasteiger partial charge in [-0.3, -0.25) is 13.9 Å². The van der Waals surface area contributed by atoms with Crippen LogP contribution in [-0.4, -0.2) is 51.7 Å². The quantitative estimate of drug-likeness (QED) is 0.593. The molecule has 0 aromatic heterocycles. The zero-order chi connectivity index (χ0) is 24.3. The number of nitrogens with one attached hydrogen (secondary N) is 2. The summed E-state index contributed by atoms with van der Waals surface area (Å²) in [6.07, 6.45) is 0.494. The number of anilines is 2. The topological polar surface area (TPSA) is 122 Å². The van der Waals surface area contributed by atoms with Crippen LogP contribution in [0, 0.1) is 13.8 Å². The Balaban J connectivity index is 1.54. The molecule has 9 nitrogen and oxygen atoms in total. The molecular weight excluding hydrogens is 446 g/mol. The number of sulfonamides is 1. The number of benzene rings is 2. The first-order valence-electron chi connectivity index (χ1n) is 10.4. The van der Waals surface area contributed by atoms with Crippen LogP contribution in [0.5, 0.6) is 0 Å². The van der Waals surface area contributed by atoms with Crippen molar-refractivity contribution >= 4 is 39.2 Å². The Hall–Kier alpha value is -3.40. The summed E-state index contributed by atoms with van der Waals surface area (Å²) >= 11 is 0. The molecule has 1 aliphatic rings. The number of hydrogen-bond donors (Lipinski definition) is 2. The van der Waals surface area contributed by atoms with Crippen molar-refractivity contribution in [2.24, 2.45) is 0 Å². The Labute approximate surface area is 193 Å². The zero-order valence-electron chi connectivity index (χ0n) is 19.0. The van der Waals surface area contributed by atoms with Gasteiger partial charge in [-0.25, -0.2) is 13.2 Å². The lowest BCUT2D eigenvalue weighted by atomic mass is 10.1. The number of fused-ring (bicyclic) bond motifs is 1. The van der Waals surface area contributed by atoms with Crippen LogP contribution in [0.2, 0.25) is 0 Å². The standard InChI is InChI=1S/C23H27N3O6S/c1-14-6-5-7-15(2)21(14)25-20(27)13-24-22(28)16(3)32-23(29)18-8-9-19-17(12-18)10-11-26(19)33(4,30)31/h5-9,12,16H,10-11,13H2,1-4H3,(H,24,28)(H,25,27). The van der Waals surface area contributed by atoms with E-state index in [-0.39, 0.29) is 12.1 Å². The van der Waals surface area contributed by atoms with Gasteiger partial charge in [-0.1, -0.05) is 18.2 Å². The minimum absolute atomic E-state index is 0.219. The first-order chi connectivity index (χ1) is 15.5. The maximum absolute atomic E-state index is 12.5. The van der Waals surface area contributed by atoms with Crippen LogP contribution < -0.4 is 14.9 Å². The molecule has 0 radical (unpaired) electrons. The number of nitrogens with zero attached hydrogens (tertiary/aromatic N) is 1. The summed E-state index contributed by atoms with van der Waals surface area (Å²) in [6.45, 7) is 5.21. The highest BCUT2D eigenvalue weighted by Crippen LogP contribution is 2.31. The summed E-state index contributed by atoms with van der Waals surface area (Å²) in [5, 5.41) is 5.23. The normalized spacial score (nSPS) is 13.8. The molecule has 2 N–H and O–H groups in total. The van der Waals surface area contributed by atoms with E-state index in [9.17, 15) is 22.8 Å². The van der Waals surface area contributed by atoms with E-state index >= 15 is 0 Å². The van der Waals surface area contributed by atoms with Crippen molar-refractivity contribution in [3.63, 3.8) is 0 Å². The zero-order valence-corrected chi connectivity index (χ0v) is 19.8. The summed E-state index contributed by atoms with van der Waals surface area (Å²) in [4.78, 5) is 37.0. The molecule has 3 rings (SSSR count). The van der Waals surface area contributed by atoms with Crippen molar-refractivity contribution in [2.75, 3.05) is 29.0 Å². The largest absolute Gasteiger partial charge is 0.449 e. The van der Waals surface area contributed by atoms with Crippen LogP contribution >= 0.6 is 0 Å². The summed E-state index contributed by atoms with van der Waals surface area (Å²) in [7, 11) is -3.39. The second kappa shape index (κ2) is 9.62. The Kier molecular flexibility index (Phi) is 7.06. The number of carbonyl (C=O) groups is 3. The molecule has 2 amide bonds. The Morgan fingerprint density at radius 3 is 2.42 bits per heavy atom. The lowest BCUT2D eigenvalue weighted by molar-refractivity contribution is -0.130. The highest BCUT2D eigenvalue weighted by Gasteiger charge is 2.27. The second-order valence-electron chi connectivity index (χ2n) is 8.01. The summed E-state index contributed by atoms with van der Waals surface area (Å²) in [5.41, 5.74) is 3.99. The van der Waals surface area contributed by atoms with Gasteiger partial charge in [-0.15, -0.1) is 0 Å². The van der Waals surface area contributed by atoms with Gasteiger partial charge in [0.15, 0.2) is 6.10 Å². The van der Waals surface area contributed by atoms with E-state index in [1.807, 2.05) is 32.0 Å². The Morgan fingerprint density at radius 1 is 1.12 bits per heavy atom. The number of carbonyl (C=O) groups excluding carboxylic acids is 3. The molecule has 0 bridgehead atoms. The summed E-state index contributed by atoms with van der Waals surface area (Å²) < 4.78 is 30.2. The summed E-state index contributed by atoms with van der Waals surface area (Å²) in [5.74, 6) is -1.71. The predicted molar refractivity (Wildman–Crippen MR) is 125 cm³/mol. The minimum Gasteiger partial charge on any atom is -0.449 e. The van der Waals surface area contributed by atoms with Gasteiger partial charge in [0.1, 0.15) is 0 Å². The average Bonchev–Trinajstić information content (AvgIpc) is 3.18. The number of ether oxygens (including phenoxy) is 1. The van der Waals surface area contributed by atoms with Crippen molar-refractivity contribution in [3.05, 3.63) is 58.7 Å². The molecule has 0 fully saturated rings. The van der Waals surface area contributed by atoms with E-state index in [1.54, 1.807) is 12.1 Å². The molecule has 2 aromatic carbocycles. The van der Waals surface area contributed by atoms with Crippen LogP contribution in [0.1, 0.15) is 34.0 Å². The average molecular weight is 474 g/mol. The molecule has 176 valence electrons. The van der Waals surface area contributed by atoms with Crippen LogP contribution in [0.15, 0.2) is 36.4 Å². The van der Waals surface area contributed by atoms with Gasteiger partial charge >= 0.3 is 5.97 Å². The van der Waals surface area contributed by atoms with E-state index in [1.165, 1.54) is 17.3 Å². The maximum atomic E-state index is 12.5. The molecule has 33 heavy (non-hydrogen) atoms. The predicted octanol–water partition coefficient (Wildman–Crippen LogP) is 1.93. The van der Waals surface area contributed by atoms with Crippen molar-refractivity contribution in [3.8, 4) is 0 Å². The molecule has 10 heteroatoms. The molecule has 0 aliphatic carbocycles. The van der Waals surface area contributed by atoms with Gasteiger partial charge in [-0.2, -0.15) is 0 Å². The molecular formula is C23H27N3O6S. The maximum Gasteiger partial charge on any atom is 0.338 e. The van der Waals surface area contributed by atoms with Gasteiger partial charge in [0.05, 0.1) is 24.1 Å².